The molecule has 0 spiro atoms. The third-order valence-electron chi connectivity index (χ3n) is 8.70. The number of anilines is 1. The van der Waals surface area contributed by atoms with Crippen molar-refractivity contribution in [2.75, 3.05) is 43.7 Å². The quantitative estimate of drug-likeness (QED) is 0.337. The molecule has 2 aliphatic rings. The van der Waals surface area contributed by atoms with Crippen molar-refractivity contribution in [2.24, 2.45) is 0 Å². The Morgan fingerprint density at radius 2 is 1.58 bits per heavy atom. The highest BCUT2D eigenvalue weighted by Gasteiger charge is 2.48. The summed E-state index contributed by atoms with van der Waals surface area (Å²) in [6.07, 6.45) is 6.65. The van der Waals surface area contributed by atoms with Crippen molar-refractivity contribution in [3.8, 4) is 11.5 Å². The molecule has 43 heavy (non-hydrogen) atoms. The van der Waals surface area contributed by atoms with E-state index in [1.165, 1.54) is 0 Å². The number of nitrogens with one attached hydrogen (secondary N) is 1. The Bertz CT molecular complexity index is 1630. The summed E-state index contributed by atoms with van der Waals surface area (Å²) in [5, 5.41) is 0. The Labute approximate surface area is 255 Å². The maximum Gasteiger partial charge on any atom is 0.264 e. The Morgan fingerprint density at radius 3 is 2.19 bits per heavy atom. The van der Waals surface area contributed by atoms with Gasteiger partial charge in [-0.15, -0.1) is 0 Å². The fourth-order valence-electron chi connectivity index (χ4n) is 6.51. The van der Waals surface area contributed by atoms with Gasteiger partial charge in [0.25, 0.3) is 10.1 Å². The molecule has 12 heteroatoms. The number of hydrogen-bond donors (Lipinski definition) is 2. The summed E-state index contributed by atoms with van der Waals surface area (Å²) < 4.78 is 77.3. The van der Waals surface area contributed by atoms with Gasteiger partial charge in [-0.25, -0.2) is 8.42 Å². The normalized spacial score (nSPS) is 21.8. The van der Waals surface area contributed by atoms with E-state index in [-0.39, 0.29) is 30.1 Å². The number of benzene rings is 2. The molecule has 0 radical (unpaired) electrons. The van der Waals surface area contributed by atoms with Crippen molar-refractivity contribution in [2.45, 2.75) is 57.4 Å². The third kappa shape index (κ3) is 7.09. The maximum absolute atomic E-state index is 11.5. The van der Waals surface area contributed by atoms with E-state index in [0.29, 0.717) is 13.1 Å². The molecule has 2 atom stereocenters. The van der Waals surface area contributed by atoms with Gasteiger partial charge in [0.2, 0.25) is 0 Å². The molecular formula is C31H42N2O8S2. The van der Waals surface area contributed by atoms with Crippen molar-refractivity contribution in [1.82, 2.24) is 0 Å². The lowest BCUT2D eigenvalue weighted by molar-refractivity contribution is -0.850. The summed E-state index contributed by atoms with van der Waals surface area (Å²) >= 11 is 0. The second-order valence-corrected chi connectivity index (χ2v) is 15.3. The molecule has 236 valence electrons. The lowest BCUT2D eigenvalue weighted by Crippen LogP contribution is -3.10. The Balaban J connectivity index is 1.71. The molecule has 4 rings (SSSR count). The van der Waals surface area contributed by atoms with Gasteiger partial charge in [-0.3, -0.25) is 9.45 Å². The molecule has 0 amide bonds. The lowest BCUT2D eigenvalue weighted by Gasteiger charge is -2.28. The summed E-state index contributed by atoms with van der Waals surface area (Å²) in [4.78, 5) is 3.16. The van der Waals surface area contributed by atoms with Gasteiger partial charge in [0.15, 0.2) is 0 Å². The molecule has 2 aromatic rings. The van der Waals surface area contributed by atoms with E-state index in [9.17, 15) is 25.9 Å². The number of methoxy groups -OCH3 is 2. The first-order valence-corrected chi connectivity index (χ1v) is 17.5. The predicted molar refractivity (Wildman–Crippen MR) is 166 cm³/mol. The predicted octanol–water partition coefficient (Wildman–Crippen LogP) is 3.33. The number of rotatable bonds is 12. The van der Waals surface area contributed by atoms with Crippen LogP contribution < -0.4 is 19.3 Å². The largest absolute Gasteiger partial charge is 0.748 e. The topological polar surface area (TPSA) is 138 Å². The number of nitrogens with zero attached hydrogens (tertiary/aromatic N) is 1. The van der Waals surface area contributed by atoms with Gasteiger partial charge in [0, 0.05) is 47.1 Å². The van der Waals surface area contributed by atoms with Crippen molar-refractivity contribution >= 4 is 31.6 Å². The zero-order chi connectivity index (χ0) is 31.8. The zero-order valence-electron chi connectivity index (χ0n) is 25.6. The second-order valence-electron chi connectivity index (χ2n) is 12.2. The second kappa shape index (κ2) is 12.2. The first-order chi connectivity index (χ1) is 20.0. The smallest absolute Gasteiger partial charge is 0.264 e. The lowest BCUT2D eigenvalue weighted by atomic mass is 9.80. The average Bonchev–Trinajstić information content (AvgIpc) is 3.25. The van der Waals surface area contributed by atoms with Gasteiger partial charge < -0.3 is 18.9 Å². The van der Waals surface area contributed by atoms with E-state index >= 15 is 0 Å². The monoisotopic (exact) mass is 634 g/mol. The number of ether oxygens (including phenoxy) is 2. The Kier molecular flexibility index (Phi) is 9.39. The fraction of sp³-hybridized carbons (Fsp3) is 0.484. The Morgan fingerprint density at radius 1 is 0.953 bits per heavy atom. The number of fused-ring (bicyclic) bond motifs is 2. The molecular weight excluding hydrogens is 592 g/mol. The van der Waals surface area contributed by atoms with E-state index < -0.39 is 31.4 Å². The van der Waals surface area contributed by atoms with Crippen LogP contribution in [0, 0.1) is 0 Å². The summed E-state index contributed by atoms with van der Waals surface area (Å²) in [5.74, 6) is 0.703. The van der Waals surface area contributed by atoms with Crippen molar-refractivity contribution in [3.05, 3.63) is 71.5 Å². The van der Waals surface area contributed by atoms with Gasteiger partial charge in [-0.1, -0.05) is 19.9 Å². The van der Waals surface area contributed by atoms with Gasteiger partial charge >= 0.3 is 0 Å². The van der Waals surface area contributed by atoms with Crippen LogP contribution in [-0.4, -0.2) is 70.8 Å². The third-order valence-corrected chi connectivity index (χ3v) is 10.3. The maximum atomic E-state index is 11.5. The van der Waals surface area contributed by atoms with Crippen LogP contribution >= 0.6 is 0 Å². The highest BCUT2D eigenvalue weighted by atomic mass is 32.2. The van der Waals surface area contributed by atoms with E-state index in [1.54, 1.807) is 14.2 Å². The molecule has 10 nitrogen and oxygen atoms in total. The van der Waals surface area contributed by atoms with E-state index in [1.807, 2.05) is 48.6 Å². The van der Waals surface area contributed by atoms with Crippen LogP contribution in [0.15, 0.2) is 60.3 Å². The molecule has 0 fully saturated rings. The van der Waals surface area contributed by atoms with Crippen molar-refractivity contribution < 1.29 is 40.3 Å². The van der Waals surface area contributed by atoms with E-state index in [2.05, 4.69) is 38.7 Å². The highest BCUT2D eigenvalue weighted by molar-refractivity contribution is 7.85. The molecule has 0 aromatic heterocycles. The first-order valence-electron chi connectivity index (χ1n) is 14.3. The van der Waals surface area contributed by atoms with Crippen LogP contribution in [-0.2, 0) is 31.1 Å². The van der Waals surface area contributed by atoms with Crippen molar-refractivity contribution in [3.63, 3.8) is 0 Å². The van der Waals surface area contributed by atoms with Gasteiger partial charge in [-0.05, 0) is 68.3 Å². The standard InChI is InChI=1S/C31H42N2O8S2/c1-30(2)24-20-22(40-5)12-14-26(24)32(16-8-18-42(34,35)36)28(30)10-7-11-29-31(3,4)25-21-23(41-6)13-15-27(25)33(29)17-9-19-43(37,38)39/h7,10-15,20-21,28H,8-9,16-19H2,1-6H3,(H,34,35,36)(H,37,38,39). The number of hydrogen-bond acceptors (Lipinski definition) is 8. The van der Waals surface area contributed by atoms with Crippen LogP contribution in [0.5, 0.6) is 11.5 Å². The van der Waals surface area contributed by atoms with E-state index in [4.69, 9.17) is 9.47 Å². The Hall–Kier alpha value is -2.90. The SMILES string of the molecule is COc1ccc2c(c1)C(C)(C)C(=CC=CC1[NH+](CCCS(=O)(=O)[O-])c3ccc(OC)cc3C1(C)C)N2CCCS(=O)(=O)O. The summed E-state index contributed by atoms with van der Waals surface area (Å²) in [6.45, 7) is 9.37. The number of quaternary nitrogens is 1. The first kappa shape index (κ1) is 33.0. The van der Waals surface area contributed by atoms with Crippen LogP contribution in [0.3, 0.4) is 0 Å². The minimum Gasteiger partial charge on any atom is -0.748 e. The molecule has 2 aromatic carbocycles. The summed E-state index contributed by atoms with van der Waals surface area (Å²) in [5.41, 5.74) is 4.35. The van der Waals surface area contributed by atoms with Gasteiger partial charge in [0.1, 0.15) is 23.2 Å². The molecule has 2 heterocycles. The average molecular weight is 635 g/mol. The highest BCUT2D eigenvalue weighted by Crippen LogP contribution is 2.49. The molecule has 0 saturated heterocycles. The van der Waals surface area contributed by atoms with Crippen LogP contribution in [0.25, 0.3) is 0 Å². The molecule has 2 aliphatic heterocycles. The van der Waals surface area contributed by atoms with Crippen LogP contribution in [0.1, 0.15) is 51.7 Å². The molecule has 0 aliphatic carbocycles. The molecule has 2 N–H and O–H groups in total. The zero-order valence-corrected chi connectivity index (χ0v) is 27.2. The van der Waals surface area contributed by atoms with Crippen LogP contribution in [0.2, 0.25) is 0 Å². The molecule has 0 bridgehead atoms. The fourth-order valence-corrected chi connectivity index (χ4v) is 7.50. The molecule has 0 saturated carbocycles. The molecule has 2 unspecified atom stereocenters. The minimum atomic E-state index is -4.32. The van der Waals surface area contributed by atoms with E-state index in [0.717, 1.165) is 44.6 Å². The van der Waals surface area contributed by atoms with Crippen molar-refractivity contribution in [1.29, 1.82) is 0 Å². The summed E-state index contributed by atoms with van der Waals surface area (Å²) in [6, 6.07) is 11.7. The van der Waals surface area contributed by atoms with Crippen LogP contribution in [0.4, 0.5) is 11.4 Å². The van der Waals surface area contributed by atoms with Gasteiger partial charge in [-0.2, -0.15) is 8.42 Å². The van der Waals surface area contributed by atoms with Gasteiger partial charge in [0.05, 0.1) is 42.1 Å². The number of allylic oxidation sites excluding steroid dienone is 3. The summed E-state index contributed by atoms with van der Waals surface area (Å²) in [7, 11) is -5.18. The minimum absolute atomic E-state index is 0.0687.